The number of hydrogen-bond acceptors (Lipinski definition) is 6. The second-order valence-electron chi connectivity index (χ2n) is 11.4. The topological polar surface area (TPSA) is 78.5 Å². The zero-order chi connectivity index (χ0) is 27.0. The first-order chi connectivity index (χ1) is 17.3. The van der Waals surface area contributed by atoms with Gasteiger partial charge >= 0.3 is 12.3 Å². The van der Waals surface area contributed by atoms with Gasteiger partial charge in [0.05, 0.1) is 11.6 Å². The van der Waals surface area contributed by atoms with Gasteiger partial charge < -0.3 is 25.6 Å². The molecule has 0 spiro atoms. The molecule has 7 nitrogen and oxygen atoms in total. The molecular weight excluding hydrogens is 483 g/mol. The van der Waals surface area contributed by atoms with Crippen LogP contribution in [0.2, 0.25) is 0 Å². The largest absolute Gasteiger partial charge is 0.444 e. The number of nitrogens with one attached hydrogen (secondary N) is 3. The van der Waals surface area contributed by atoms with Crippen molar-refractivity contribution in [3.8, 4) is 0 Å². The number of carbonyl (C=O) groups is 1. The van der Waals surface area contributed by atoms with E-state index in [1.807, 2.05) is 12.1 Å². The number of halogens is 3. The number of alkyl carbamates (subject to hydrolysis) is 1. The molecule has 37 heavy (non-hydrogen) atoms. The Hall–Kier alpha value is -2.75. The minimum atomic E-state index is -4.41. The molecule has 1 saturated carbocycles. The van der Waals surface area contributed by atoms with Gasteiger partial charge in [0.1, 0.15) is 11.4 Å². The van der Waals surface area contributed by atoms with E-state index < -0.39 is 23.8 Å². The Bertz CT molecular complexity index is 1100. The Labute approximate surface area is 216 Å². The summed E-state index contributed by atoms with van der Waals surface area (Å²) in [6.45, 7) is 8.53. The van der Waals surface area contributed by atoms with Crippen molar-refractivity contribution in [1.29, 1.82) is 0 Å². The van der Waals surface area contributed by atoms with Crippen LogP contribution in [0.5, 0.6) is 0 Å². The molecule has 204 valence electrons. The van der Waals surface area contributed by atoms with E-state index >= 15 is 0 Å². The van der Waals surface area contributed by atoms with Crippen molar-refractivity contribution in [2.24, 2.45) is 0 Å². The molecule has 2 fully saturated rings. The van der Waals surface area contributed by atoms with Crippen LogP contribution in [0, 0.1) is 0 Å². The maximum atomic E-state index is 13.8. The van der Waals surface area contributed by atoms with E-state index in [4.69, 9.17) is 4.74 Å². The molecule has 2 heterocycles. The molecule has 1 aromatic carbocycles. The van der Waals surface area contributed by atoms with Crippen LogP contribution in [-0.4, -0.2) is 66.0 Å². The molecule has 1 unspecified atom stereocenters. The van der Waals surface area contributed by atoms with Gasteiger partial charge in [0.2, 0.25) is 0 Å². The summed E-state index contributed by atoms with van der Waals surface area (Å²) in [6, 6.07) is 7.48. The van der Waals surface area contributed by atoms with Crippen molar-refractivity contribution in [3.63, 3.8) is 0 Å². The molecule has 0 radical (unpaired) electrons. The molecule has 1 amide bonds. The zero-order valence-corrected chi connectivity index (χ0v) is 22.2. The average molecular weight is 522 g/mol. The van der Waals surface area contributed by atoms with Crippen molar-refractivity contribution < 1.29 is 22.7 Å². The minimum absolute atomic E-state index is 0.00654. The van der Waals surface area contributed by atoms with Crippen LogP contribution in [0.3, 0.4) is 0 Å². The number of rotatable bonds is 6. The fourth-order valence-corrected chi connectivity index (χ4v) is 4.90. The summed E-state index contributed by atoms with van der Waals surface area (Å²) in [5.74, 6) is -1.30. The molecule has 1 aliphatic carbocycles. The van der Waals surface area contributed by atoms with E-state index in [0.717, 1.165) is 43.9 Å². The fraction of sp³-hybridized carbons (Fsp3) is 0.630. The number of anilines is 2. The van der Waals surface area contributed by atoms with Crippen LogP contribution in [0.4, 0.5) is 29.5 Å². The molecule has 1 aromatic heterocycles. The van der Waals surface area contributed by atoms with Gasteiger partial charge in [-0.1, -0.05) is 12.1 Å². The van der Waals surface area contributed by atoms with Crippen LogP contribution in [-0.2, 0) is 4.74 Å². The van der Waals surface area contributed by atoms with E-state index in [0.29, 0.717) is 24.0 Å². The number of likely N-dealkylation sites (tertiary alicyclic amines) is 1. The maximum Gasteiger partial charge on any atom is 0.407 e. The molecule has 0 bridgehead atoms. The normalized spacial score (nSPS) is 22.3. The van der Waals surface area contributed by atoms with Crippen molar-refractivity contribution >= 4 is 28.4 Å². The van der Waals surface area contributed by atoms with Gasteiger partial charge in [-0.05, 0) is 85.6 Å². The Morgan fingerprint density at radius 2 is 1.73 bits per heavy atom. The predicted molar refractivity (Wildman–Crippen MR) is 140 cm³/mol. The number of carbonyl (C=O) groups excluding carboxylic acids is 1. The second-order valence-corrected chi connectivity index (χ2v) is 11.4. The summed E-state index contributed by atoms with van der Waals surface area (Å²) < 4.78 is 46.7. The molecule has 1 aliphatic heterocycles. The van der Waals surface area contributed by atoms with Gasteiger partial charge in [-0.3, -0.25) is 0 Å². The molecule has 10 heteroatoms. The number of nitrogens with zero attached hydrogens (tertiary/aromatic N) is 2. The van der Waals surface area contributed by atoms with Gasteiger partial charge in [-0.25, -0.2) is 9.78 Å². The molecule has 2 aliphatic rings. The van der Waals surface area contributed by atoms with Crippen LogP contribution < -0.4 is 16.0 Å². The van der Waals surface area contributed by atoms with Crippen molar-refractivity contribution in [2.75, 3.05) is 30.8 Å². The predicted octanol–water partition coefficient (Wildman–Crippen LogP) is 5.87. The number of piperidine rings is 1. The van der Waals surface area contributed by atoms with E-state index in [1.165, 1.54) is 0 Å². The first kappa shape index (κ1) is 27.3. The molecule has 2 aromatic rings. The molecule has 1 atom stereocenters. The smallest absolute Gasteiger partial charge is 0.407 e. The van der Waals surface area contributed by atoms with Crippen molar-refractivity contribution in [3.05, 3.63) is 30.0 Å². The fourth-order valence-electron chi connectivity index (χ4n) is 4.90. The summed E-state index contributed by atoms with van der Waals surface area (Å²) in [4.78, 5) is 18.7. The SMILES string of the molecule is CC(c1nc(NC2CC(NC(=O)OC(C)(C)C)C2)cc2c(NC3CCN(C)CC3)cccc12)C(F)(F)F. The average Bonchev–Trinajstić information content (AvgIpc) is 2.76. The highest BCUT2D eigenvalue weighted by atomic mass is 19.4. The third-order valence-corrected chi connectivity index (χ3v) is 7.09. The lowest BCUT2D eigenvalue weighted by Gasteiger charge is -2.37. The first-order valence-corrected chi connectivity index (χ1v) is 13.0. The number of hydrogen-bond donors (Lipinski definition) is 3. The standard InChI is InChI=1S/C27H38F3N5O2/c1-16(27(28,29)30)24-20-7-6-8-22(31-17-9-11-35(5)12-10-17)21(20)15-23(34-24)32-18-13-19(14-18)33-25(36)37-26(2,3)4/h6-8,15-19,31H,9-14H2,1-5H3,(H,32,34)(H,33,36). The Kier molecular flexibility index (Phi) is 7.78. The second kappa shape index (κ2) is 10.6. The van der Waals surface area contributed by atoms with Crippen molar-refractivity contribution in [2.45, 2.75) is 89.2 Å². The van der Waals surface area contributed by atoms with Gasteiger partial charge in [0, 0.05) is 34.6 Å². The number of fused-ring (bicyclic) bond motifs is 1. The van der Waals surface area contributed by atoms with Crippen LogP contribution in [0.25, 0.3) is 10.8 Å². The number of ether oxygens (including phenoxy) is 1. The lowest BCUT2D eigenvalue weighted by atomic mass is 9.87. The van der Waals surface area contributed by atoms with Gasteiger partial charge in [0.15, 0.2) is 0 Å². The van der Waals surface area contributed by atoms with Crippen LogP contribution in [0.1, 0.15) is 65.0 Å². The number of benzene rings is 1. The number of alkyl halides is 3. The van der Waals surface area contributed by atoms with Crippen molar-refractivity contribution in [1.82, 2.24) is 15.2 Å². The third-order valence-electron chi connectivity index (χ3n) is 7.09. The summed E-state index contributed by atoms with van der Waals surface area (Å²) in [6.07, 6.45) is -1.65. The van der Waals surface area contributed by atoms with Gasteiger partial charge in [0.25, 0.3) is 0 Å². The summed E-state index contributed by atoms with van der Waals surface area (Å²) in [7, 11) is 2.09. The summed E-state index contributed by atoms with van der Waals surface area (Å²) in [5, 5.41) is 11.0. The van der Waals surface area contributed by atoms with Gasteiger partial charge in [-0.15, -0.1) is 0 Å². The van der Waals surface area contributed by atoms with E-state index in [9.17, 15) is 18.0 Å². The van der Waals surface area contributed by atoms with E-state index in [1.54, 1.807) is 32.9 Å². The maximum absolute atomic E-state index is 13.8. The monoisotopic (exact) mass is 521 g/mol. The minimum Gasteiger partial charge on any atom is -0.444 e. The summed E-state index contributed by atoms with van der Waals surface area (Å²) >= 11 is 0. The lowest BCUT2D eigenvalue weighted by molar-refractivity contribution is -0.146. The highest BCUT2D eigenvalue weighted by Gasteiger charge is 2.39. The van der Waals surface area contributed by atoms with Crippen LogP contribution in [0.15, 0.2) is 24.3 Å². The van der Waals surface area contributed by atoms with E-state index in [2.05, 4.69) is 32.9 Å². The third kappa shape index (κ3) is 6.97. The Balaban J connectivity index is 1.54. The number of aromatic nitrogens is 1. The highest BCUT2D eigenvalue weighted by Crippen LogP contribution is 2.40. The lowest BCUT2D eigenvalue weighted by Crippen LogP contribution is -2.50. The highest BCUT2D eigenvalue weighted by molar-refractivity contribution is 5.97. The summed E-state index contributed by atoms with van der Waals surface area (Å²) in [5.41, 5.74) is 0.263. The van der Waals surface area contributed by atoms with Gasteiger partial charge in [-0.2, -0.15) is 13.2 Å². The quantitative estimate of drug-likeness (QED) is 0.441. The number of pyridine rings is 1. The molecular formula is C27H38F3N5O2. The zero-order valence-electron chi connectivity index (χ0n) is 22.2. The molecule has 3 N–H and O–H groups in total. The first-order valence-electron chi connectivity index (χ1n) is 13.0. The van der Waals surface area contributed by atoms with Crippen LogP contribution >= 0.6 is 0 Å². The Morgan fingerprint density at radius 1 is 1.05 bits per heavy atom. The van der Waals surface area contributed by atoms with E-state index in [-0.39, 0.29) is 23.8 Å². The Morgan fingerprint density at radius 3 is 2.35 bits per heavy atom. The molecule has 4 rings (SSSR count). The molecule has 1 saturated heterocycles. The number of amides is 1.